The van der Waals surface area contributed by atoms with E-state index in [9.17, 15) is 4.79 Å². The molecule has 1 aliphatic rings. The molecule has 1 heterocycles. The molecule has 5 nitrogen and oxygen atoms in total. The summed E-state index contributed by atoms with van der Waals surface area (Å²) in [4.78, 5) is 12.2. The maximum Gasteiger partial charge on any atom is 0.262 e. The number of fused-ring (bicyclic) bond motifs is 1. The fourth-order valence-corrected chi connectivity index (χ4v) is 3.45. The van der Waals surface area contributed by atoms with E-state index in [1.807, 2.05) is 64.1 Å². The van der Waals surface area contributed by atoms with Crippen molar-refractivity contribution in [3.63, 3.8) is 0 Å². The van der Waals surface area contributed by atoms with E-state index in [2.05, 4.69) is 5.32 Å². The Labute approximate surface area is 160 Å². The number of carbonyl (C=O) groups is 1. The number of aryl methyl sites for hydroxylation is 2. The second-order valence-electron chi connectivity index (χ2n) is 7.59. The standard InChI is InChI=1S/C22H27NO4/c1-14-8-6-7-9-17(14)23-20(24)13-26-16-10-15(2)21-18(11-16)27-22(3,4)12-19(21)25-5/h6-11,19H,12-13H2,1-5H3,(H,23,24). The third-order valence-corrected chi connectivity index (χ3v) is 4.78. The zero-order valence-electron chi connectivity index (χ0n) is 16.6. The van der Waals surface area contributed by atoms with Gasteiger partial charge in [-0.05, 0) is 51.0 Å². The number of hydrogen-bond donors (Lipinski definition) is 1. The molecule has 0 saturated heterocycles. The Kier molecular flexibility index (Phi) is 5.42. The van der Waals surface area contributed by atoms with Crippen molar-refractivity contribution in [2.24, 2.45) is 0 Å². The van der Waals surface area contributed by atoms with Crippen LogP contribution < -0.4 is 14.8 Å². The lowest BCUT2D eigenvalue weighted by Gasteiger charge is -2.38. The van der Waals surface area contributed by atoms with Gasteiger partial charge in [0.05, 0.1) is 6.10 Å². The molecule has 1 amide bonds. The van der Waals surface area contributed by atoms with Crippen molar-refractivity contribution in [2.75, 3.05) is 19.0 Å². The number of ether oxygens (including phenoxy) is 3. The van der Waals surface area contributed by atoms with E-state index in [0.717, 1.165) is 34.5 Å². The number of para-hydroxylation sites is 1. The van der Waals surface area contributed by atoms with E-state index in [1.54, 1.807) is 7.11 Å². The van der Waals surface area contributed by atoms with Gasteiger partial charge >= 0.3 is 0 Å². The lowest BCUT2D eigenvalue weighted by molar-refractivity contribution is -0.118. The molecule has 1 N–H and O–H groups in total. The minimum Gasteiger partial charge on any atom is -0.487 e. The van der Waals surface area contributed by atoms with Crippen LogP contribution in [0.1, 0.15) is 43.1 Å². The lowest BCUT2D eigenvalue weighted by atomic mass is 9.89. The molecule has 0 aliphatic carbocycles. The van der Waals surface area contributed by atoms with Crippen molar-refractivity contribution >= 4 is 11.6 Å². The monoisotopic (exact) mass is 369 g/mol. The van der Waals surface area contributed by atoms with Crippen molar-refractivity contribution in [3.05, 3.63) is 53.1 Å². The maximum atomic E-state index is 12.2. The molecule has 1 atom stereocenters. The average molecular weight is 369 g/mol. The molecule has 5 heteroatoms. The number of nitrogens with one attached hydrogen (secondary N) is 1. The lowest BCUT2D eigenvalue weighted by Crippen LogP contribution is -2.35. The zero-order valence-corrected chi connectivity index (χ0v) is 16.6. The minimum atomic E-state index is -0.319. The summed E-state index contributed by atoms with van der Waals surface area (Å²) in [5, 5.41) is 2.87. The van der Waals surface area contributed by atoms with Crippen LogP contribution in [0.4, 0.5) is 5.69 Å². The molecule has 0 spiro atoms. The van der Waals surface area contributed by atoms with Crippen molar-refractivity contribution in [3.8, 4) is 11.5 Å². The number of hydrogen-bond acceptors (Lipinski definition) is 4. The van der Waals surface area contributed by atoms with Crippen LogP contribution in [0, 0.1) is 13.8 Å². The first kappa shape index (κ1) is 19.2. The first-order valence-electron chi connectivity index (χ1n) is 9.14. The molecule has 0 fully saturated rings. The highest BCUT2D eigenvalue weighted by atomic mass is 16.5. The van der Waals surface area contributed by atoms with E-state index in [4.69, 9.17) is 14.2 Å². The number of rotatable bonds is 5. The summed E-state index contributed by atoms with van der Waals surface area (Å²) in [5.41, 5.74) is 3.57. The van der Waals surface area contributed by atoms with Gasteiger partial charge in [-0.1, -0.05) is 18.2 Å². The van der Waals surface area contributed by atoms with Gasteiger partial charge in [0.2, 0.25) is 0 Å². The van der Waals surface area contributed by atoms with Gasteiger partial charge in [-0.25, -0.2) is 0 Å². The van der Waals surface area contributed by atoms with Crippen molar-refractivity contribution in [2.45, 2.75) is 45.8 Å². The van der Waals surface area contributed by atoms with E-state index < -0.39 is 0 Å². The van der Waals surface area contributed by atoms with Crippen molar-refractivity contribution in [1.29, 1.82) is 0 Å². The number of carbonyl (C=O) groups excluding carboxylic acids is 1. The Morgan fingerprint density at radius 2 is 1.96 bits per heavy atom. The Bertz CT molecular complexity index is 844. The normalized spacial score (nSPS) is 17.6. The molecular formula is C22H27NO4. The molecule has 144 valence electrons. The SMILES string of the molecule is COC1CC(C)(C)Oc2cc(OCC(=O)Nc3ccccc3C)cc(C)c21. The van der Waals surface area contributed by atoms with Crippen LogP contribution >= 0.6 is 0 Å². The third-order valence-electron chi connectivity index (χ3n) is 4.78. The van der Waals surface area contributed by atoms with Crippen LogP contribution in [-0.2, 0) is 9.53 Å². The van der Waals surface area contributed by atoms with Gasteiger partial charge in [-0.15, -0.1) is 0 Å². The van der Waals surface area contributed by atoms with Gasteiger partial charge < -0.3 is 19.5 Å². The van der Waals surface area contributed by atoms with Crippen molar-refractivity contribution in [1.82, 2.24) is 0 Å². The van der Waals surface area contributed by atoms with E-state index in [1.165, 1.54) is 0 Å². The molecule has 2 aromatic rings. The largest absolute Gasteiger partial charge is 0.487 e. The van der Waals surface area contributed by atoms with E-state index in [-0.39, 0.29) is 24.2 Å². The van der Waals surface area contributed by atoms with Gasteiger partial charge in [-0.2, -0.15) is 0 Å². The first-order valence-corrected chi connectivity index (χ1v) is 9.14. The van der Waals surface area contributed by atoms with Gasteiger partial charge in [0.15, 0.2) is 6.61 Å². The first-order chi connectivity index (χ1) is 12.8. The topological polar surface area (TPSA) is 56.8 Å². The Balaban J connectivity index is 1.72. The second kappa shape index (κ2) is 7.61. The average Bonchev–Trinajstić information content (AvgIpc) is 2.60. The summed E-state index contributed by atoms with van der Waals surface area (Å²) in [6, 6.07) is 11.4. The van der Waals surface area contributed by atoms with Crippen LogP contribution in [0.5, 0.6) is 11.5 Å². The summed E-state index contributed by atoms with van der Waals surface area (Å²) in [6.45, 7) is 7.98. The number of amides is 1. The zero-order chi connectivity index (χ0) is 19.6. The third kappa shape index (κ3) is 4.42. The van der Waals surface area contributed by atoms with Crippen LogP contribution in [0.2, 0.25) is 0 Å². The highest BCUT2D eigenvalue weighted by molar-refractivity contribution is 5.92. The van der Waals surface area contributed by atoms with Gasteiger partial charge in [-0.3, -0.25) is 4.79 Å². The molecule has 0 saturated carbocycles. The predicted molar refractivity (Wildman–Crippen MR) is 106 cm³/mol. The molecule has 27 heavy (non-hydrogen) atoms. The van der Waals surface area contributed by atoms with Gasteiger partial charge in [0.1, 0.15) is 17.1 Å². The second-order valence-corrected chi connectivity index (χ2v) is 7.59. The van der Waals surface area contributed by atoms with Crippen LogP contribution in [0.15, 0.2) is 36.4 Å². The fraction of sp³-hybridized carbons (Fsp3) is 0.409. The van der Waals surface area contributed by atoms with E-state index in [0.29, 0.717) is 5.75 Å². The van der Waals surface area contributed by atoms with Crippen LogP contribution in [0.3, 0.4) is 0 Å². The number of methoxy groups -OCH3 is 1. The van der Waals surface area contributed by atoms with Crippen LogP contribution in [-0.4, -0.2) is 25.2 Å². The van der Waals surface area contributed by atoms with Crippen molar-refractivity contribution < 1.29 is 19.0 Å². The molecule has 1 unspecified atom stereocenters. The Hall–Kier alpha value is -2.53. The van der Waals surface area contributed by atoms with Gasteiger partial charge in [0.25, 0.3) is 5.91 Å². The molecular weight excluding hydrogens is 342 g/mol. The minimum absolute atomic E-state index is 0.0119. The number of benzene rings is 2. The summed E-state index contributed by atoms with van der Waals surface area (Å²) >= 11 is 0. The molecule has 0 radical (unpaired) electrons. The highest BCUT2D eigenvalue weighted by Gasteiger charge is 2.35. The molecule has 2 aromatic carbocycles. The smallest absolute Gasteiger partial charge is 0.262 e. The predicted octanol–water partition coefficient (Wildman–Crippen LogP) is 4.57. The molecule has 0 bridgehead atoms. The van der Waals surface area contributed by atoms with Crippen LogP contribution in [0.25, 0.3) is 0 Å². The molecule has 0 aromatic heterocycles. The fourth-order valence-electron chi connectivity index (χ4n) is 3.45. The quantitative estimate of drug-likeness (QED) is 0.839. The Morgan fingerprint density at radius 1 is 1.22 bits per heavy atom. The summed E-state index contributed by atoms with van der Waals surface area (Å²) in [6.07, 6.45) is 0.776. The number of anilines is 1. The summed E-state index contributed by atoms with van der Waals surface area (Å²) in [5.74, 6) is 1.17. The summed E-state index contributed by atoms with van der Waals surface area (Å²) in [7, 11) is 1.72. The van der Waals surface area contributed by atoms with Gasteiger partial charge in [0, 0.05) is 30.8 Å². The summed E-state index contributed by atoms with van der Waals surface area (Å²) < 4.78 is 17.5. The molecule has 3 rings (SSSR count). The molecule has 1 aliphatic heterocycles. The highest BCUT2D eigenvalue weighted by Crippen LogP contribution is 2.44. The maximum absolute atomic E-state index is 12.2. The van der Waals surface area contributed by atoms with E-state index >= 15 is 0 Å². The Morgan fingerprint density at radius 3 is 2.67 bits per heavy atom.